The molecule has 0 spiro atoms. The molecule has 4 rings (SSSR count). The molecule has 3 aromatic carbocycles. The molecule has 1 aliphatic carbocycles. The second-order valence-corrected chi connectivity index (χ2v) is 8.16. The van der Waals surface area contributed by atoms with E-state index >= 15 is 0 Å². The van der Waals surface area contributed by atoms with Gasteiger partial charge in [0, 0.05) is 10.9 Å². The van der Waals surface area contributed by atoms with Gasteiger partial charge in [0.15, 0.2) is 11.5 Å². The summed E-state index contributed by atoms with van der Waals surface area (Å²) in [6.07, 6.45) is 5.94. The van der Waals surface area contributed by atoms with Gasteiger partial charge in [0.25, 0.3) is 0 Å². The maximum Gasteiger partial charge on any atom is 0.161 e. The molecule has 0 N–H and O–H groups in total. The number of benzene rings is 3. The first-order valence-electron chi connectivity index (χ1n) is 10.4. The van der Waals surface area contributed by atoms with Crippen LogP contribution in [0.4, 0.5) is 0 Å². The van der Waals surface area contributed by atoms with E-state index in [1.54, 1.807) is 7.11 Å². The van der Waals surface area contributed by atoms with Crippen molar-refractivity contribution in [2.75, 3.05) is 7.11 Å². The maximum absolute atomic E-state index is 6.35. The van der Waals surface area contributed by atoms with Gasteiger partial charge in [-0.3, -0.25) is 0 Å². The molecule has 1 aliphatic rings. The molecule has 0 bridgehead atoms. The van der Waals surface area contributed by atoms with E-state index in [0.29, 0.717) is 6.10 Å². The van der Waals surface area contributed by atoms with Gasteiger partial charge in [-0.2, -0.15) is 0 Å². The van der Waals surface area contributed by atoms with Crippen LogP contribution in [0.15, 0.2) is 72.8 Å². The Balaban J connectivity index is 1.68. The number of rotatable bonds is 7. The molecular weight excluding hydrogens is 380 g/mol. The van der Waals surface area contributed by atoms with Crippen LogP contribution < -0.4 is 9.47 Å². The summed E-state index contributed by atoms with van der Waals surface area (Å²) in [6, 6.07) is 25.2. The standard InChI is InChI=1S/C26H27ClO2/c1-28-25-16-13-21(18-26(25)29-23-9-5-6-10-23)24(20-7-3-2-4-8-20)17-19-11-14-22(27)15-12-19/h2-4,7-8,11-16,18,23-24H,5-6,9-10,17H2,1H3. The van der Waals surface area contributed by atoms with Crippen LogP contribution in [0.1, 0.15) is 48.3 Å². The zero-order valence-electron chi connectivity index (χ0n) is 16.8. The molecule has 3 aromatic rings. The lowest BCUT2D eigenvalue weighted by atomic mass is 9.86. The van der Waals surface area contributed by atoms with Gasteiger partial charge in [0.05, 0.1) is 13.2 Å². The van der Waals surface area contributed by atoms with Gasteiger partial charge in [0.2, 0.25) is 0 Å². The second kappa shape index (κ2) is 9.37. The van der Waals surface area contributed by atoms with Gasteiger partial charge in [-0.1, -0.05) is 60.1 Å². The molecular formula is C26H27ClO2. The first-order chi connectivity index (χ1) is 14.2. The van der Waals surface area contributed by atoms with E-state index < -0.39 is 0 Å². The highest BCUT2D eigenvalue weighted by atomic mass is 35.5. The fourth-order valence-corrected chi connectivity index (χ4v) is 4.28. The summed E-state index contributed by atoms with van der Waals surface area (Å²) in [5.41, 5.74) is 3.79. The van der Waals surface area contributed by atoms with Crippen molar-refractivity contribution < 1.29 is 9.47 Å². The maximum atomic E-state index is 6.35. The molecule has 0 radical (unpaired) electrons. The van der Waals surface area contributed by atoms with Crippen molar-refractivity contribution in [2.45, 2.75) is 44.1 Å². The number of halogens is 1. The van der Waals surface area contributed by atoms with E-state index in [2.05, 4.69) is 54.6 Å². The summed E-state index contributed by atoms with van der Waals surface area (Å²) in [6.45, 7) is 0. The van der Waals surface area contributed by atoms with E-state index in [1.165, 1.54) is 29.5 Å². The molecule has 29 heavy (non-hydrogen) atoms. The van der Waals surface area contributed by atoms with Gasteiger partial charge in [0.1, 0.15) is 0 Å². The molecule has 0 aromatic heterocycles. The number of ether oxygens (including phenoxy) is 2. The van der Waals surface area contributed by atoms with E-state index in [9.17, 15) is 0 Å². The van der Waals surface area contributed by atoms with Crippen LogP contribution in [0.3, 0.4) is 0 Å². The average Bonchev–Trinajstić information content (AvgIpc) is 3.27. The summed E-state index contributed by atoms with van der Waals surface area (Å²) in [5.74, 6) is 1.89. The predicted molar refractivity (Wildman–Crippen MR) is 119 cm³/mol. The van der Waals surface area contributed by atoms with Crippen molar-refractivity contribution in [2.24, 2.45) is 0 Å². The van der Waals surface area contributed by atoms with Crippen LogP contribution in [0.25, 0.3) is 0 Å². The lowest BCUT2D eigenvalue weighted by Gasteiger charge is -2.22. The zero-order valence-corrected chi connectivity index (χ0v) is 17.6. The van der Waals surface area contributed by atoms with Gasteiger partial charge in [-0.25, -0.2) is 0 Å². The Morgan fingerprint density at radius 3 is 2.28 bits per heavy atom. The molecule has 0 aliphatic heterocycles. The number of methoxy groups -OCH3 is 1. The van der Waals surface area contributed by atoms with Gasteiger partial charge < -0.3 is 9.47 Å². The lowest BCUT2D eigenvalue weighted by Crippen LogP contribution is -2.12. The summed E-state index contributed by atoms with van der Waals surface area (Å²) < 4.78 is 11.9. The van der Waals surface area contributed by atoms with Crippen molar-refractivity contribution in [3.8, 4) is 11.5 Å². The molecule has 1 fully saturated rings. The Morgan fingerprint density at radius 2 is 1.59 bits per heavy atom. The fraction of sp³-hybridized carbons (Fsp3) is 0.308. The number of hydrogen-bond donors (Lipinski definition) is 0. The Morgan fingerprint density at radius 1 is 0.862 bits per heavy atom. The third-order valence-electron chi connectivity index (χ3n) is 5.74. The van der Waals surface area contributed by atoms with Crippen LogP contribution in [0.2, 0.25) is 5.02 Å². The van der Waals surface area contributed by atoms with Crippen molar-refractivity contribution in [3.05, 3.63) is 94.5 Å². The SMILES string of the molecule is COc1ccc(C(Cc2ccc(Cl)cc2)c2ccccc2)cc1OC1CCCC1. The summed E-state index contributed by atoms with van der Waals surface area (Å²) in [5, 5.41) is 0.765. The molecule has 3 heteroatoms. The first-order valence-corrected chi connectivity index (χ1v) is 10.7. The van der Waals surface area contributed by atoms with E-state index in [-0.39, 0.29) is 5.92 Å². The smallest absolute Gasteiger partial charge is 0.161 e. The highest BCUT2D eigenvalue weighted by molar-refractivity contribution is 6.30. The fourth-order valence-electron chi connectivity index (χ4n) is 4.16. The molecule has 150 valence electrons. The quantitative estimate of drug-likeness (QED) is 0.418. The Hall–Kier alpha value is -2.45. The van der Waals surface area contributed by atoms with Crippen molar-refractivity contribution in [1.29, 1.82) is 0 Å². The van der Waals surface area contributed by atoms with Crippen LogP contribution in [0, 0.1) is 0 Å². The van der Waals surface area contributed by atoms with Gasteiger partial charge >= 0.3 is 0 Å². The normalized spacial score (nSPS) is 15.2. The van der Waals surface area contributed by atoms with Crippen LogP contribution in [-0.2, 0) is 6.42 Å². The second-order valence-electron chi connectivity index (χ2n) is 7.73. The molecule has 1 unspecified atom stereocenters. The molecule has 0 saturated heterocycles. The number of hydrogen-bond acceptors (Lipinski definition) is 2. The minimum Gasteiger partial charge on any atom is -0.493 e. The van der Waals surface area contributed by atoms with Crippen LogP contribution >= 0.6 is 11.6 Å². The highest BCUT2D eigenvalue weighted by Crippen LogP contribution is 2.37. The first kappa shape index (κ1) is 19.8. The van der Waals surface area contributed by atoms with Crippen molar-refractivity contribution in [3.63, 3.8) is 0 Å². The topological polar surface area (TPSA) is 18.5 Å². The monoisotopic (exact) mass is 406 g/mol. The highest BCUT2D eigenvalue weighted by Gasteiger charge is 2.21. The van der Waals surface area contributed by atoms with Gasteiger partial charge in [-0.15, -0.1) is 0 Å². The van der Waals surface area contributed by atoms with E-state index in [1.807, 2.05) is 18.2 Å². The molecule has 1 saturated carbocycles. The average molecular weight is 407 g/mol. The Kier molecular flexibility index (Phi) is 6.41. The van der Waals surface area contributed by atoms with Crippen molar-refractivity contribution in [1.82, 2.24) is 0 Å². The van der Waals surface area contributed by atoms with Crippen molar-refractivity contribution >= 4 is 11.6 Å². The molecule has 2 nitrogen and oxygen atoms in total. The zero-order chi connectivity index (χ0) is 20.1. The third kappa shape index (κ3) is 4.94. The van der Waals surface area contributed by atoms with Crippen LogP contribution in [-0.4, -0.2) is 13.2 Å². The largest absolute Gasteiger partial charge is 0.493 e. The third-order valence-corrected chi connectivity index (χ3v) is 5.99. The Labute approximate surface area is 178 Å². The lowest BCUT2D eigenvalue weighted by molar-refractivity contribution is 0.200. The van der Waals surface area contributed by atoms with E-state index in [4.69, 9.17) is 21.1 Å². The van der Waals surface area contributed by atoms with E-state index in [0.717, 1.165) is 35.8 Å². The van der Waals surface area contributed by atoms with Gasteiger partial charge in [-0.05, 0) is 73.1 Å². The van der Waals surface area contributed by atoms with Crippen LogP contribution in [0.5, 0.6) is 11.5 Å². The summed E-state index contributed by atoms with van der Waals surface area (Å²) in [7, 11) is 1.71. The minimum atomic E-state index is 0.231. The summed E-state index contributed by atoms with van der Waals surface area (Å²) >= 11 is 6.09. The predicted octanol–water partition coefficient (Wildman–Crippen LogP) is 7.04. The summed E-state index contributed by atoms with van der Waals surface area (Å²) in [4.78, 5) is 0. The minimum absolute atomic E-state index is 0.231. The molecule has 1 atom stereocenters. The molecule has 0 amide bonds. The Bertz CT molecular complexity index is 915. The molecule has 0 heterocycles.